The van der Waals surface area contributed by atoms with Crippen molar-refractivity contribution in [3.05, 3.63) is 83.9 Å². The number of thiophene rings is 1. The zero-order valence-electron chi connectivity index (χ0n) is 20.8. The molecule has 2 unspecified atom stereocenters. The summed E-state index contributed by atoms with van der Waals surface area (Å²) in [5, 5.41) is 10.1. The summed E-state index contributed by atoms with van der Waals surface area (Å²) in [5.74, 6) is -2.03. The highest BCUT2D eigenvalue weighted by Gasteiger charge is 2.63. The highest BCUT2D eigenvalue weighted by Crippen LogP contribution is 2.53. The number of carbonyl (C=O) groups excluding carboxylic acids is 1. The van der Waals surface area contributed by atoms with Gasteiger partial charge in [-0.05, 0) is 42.2 Å². The molecule has 10 heteroatoms. The standard InChI is InChI=1S/C28H28N2O6S2/c1-18-6-8-20(9-7-18)24-10-11-25(37-24)38(34,35)29-28(27(32)33)17-23(28)22-5-3-4-21(16-22)19(2)26(31)30-12-14-36-15-13-30/h3-11,16,23,29H,2,12-15,17H2,1H3,(H,32,33). The van der Waals surface area contributed by atoms with Gasteiger partial charge in [0, 0.05) is 29.5 Å². The summed E-state index contributed by atoms with van der Waals surface area (Å²) < 4.78 is 34.4. The minimum Gasteiger partial charge on any atom is -0.480 e. The smallest absolute Gasteiger partial charge is 0.325 e. The molecule has 1 amide bonds. The average molecular weight is 553 g/mol. The maximum Gasteiger partial charge on any atom is 0.325 e. The van der Waals surface area contributed by atoms with E-state index in [1.165, 1.54) is 6.07 Å². The van der Waals surface area contributed by atoms with E-state index in [9.17, 15) is 23.1 Å². The largest absolute Gasteiger partial charge is 0.480 e. The highest BCUT2D eigenvalue weighted by atomic mass is 32.2. The van der Waals surface area contributed by atoms with Gasteiger partial charge in [-0.25, -0.2) is 8.42 Å². The van der Waals surface area contributed by atoms with Crippen LogP contribution in [-0.4, -0.2) is 62.1 Å². The number of carboxylic acid groups (broad SMARTS) is 1. The topological polar surface area (TPSA) is 113 Å². The van der Waals surface area contributed by atoms with E-state index in [-0.39, 0.29) is 16.5 Å². The molecule has 198 valence electrons. The van der Waals surface area contributed by atoms with Gasteiger partial charge in [0.25, 0.3) is 15.9 Å². The Morgan fingerprint density at radius 1 is 1.11 bits per heavy atom. The third kappa shape index (κ3) is 5.04. The van der Waals surface area contributed by atoms with Crippen LogP contribution in [0.15, 0.2) is 71.5 Å². The number of nitrogens with one attached hydrogen (secondary N) is 1. The summed E-state index contributed by atoms with van der Waals surface area (Å²) >= 11 is 1.09. The lowest BCUT2D eigenvalue weighted by Gasteiger charge is -2.27. The molecule has 1 aromatic heterocycles. The Balaban J connectivity index is 1.35. The monoisotopic (exact) mass is 552 g/mol. The molecule has 1 saturated carbocycles. The second kappa shape index (κ2) is 10.1. The van der Waals surface area contributed by atoms with Gasteiger partial charge >= 0.3 is 5.97 Å². The van der Waals surface area contributed by atoms with Crippen LogP contribution in [0.1, 0.15) is 29.0 Å². The summed E-state index contributed by atoms with van der Waals surface area (Å²) in [6, 6.07) is 17.9. The minimum absolute atomic E-state index is 0.0533. The Morgan fingerprint density at radius 2 is 1.82 bits per heavy atom. The van der Waals surface area contributed by atoms with Crippen molar-refractivity contribution in [2.24, 2.45) is 0 Å². The first-order valence-corrected chi connectivity index (χ1v) is 14.5. The summed E-state index contributed by atoms with van der Waals surface area (Å²) in [4.78, 5) is 27.7. The fraction of sp³-hybridized carbons (Fsp3) is 0.286. The van der Waals surface area contributed by atoms with Gasteiger partial charge in [0.05, 0.1) is 13.2 Å². The van der Waals surface area contributed by atoms with E-state index in [1.54, 1.807) is 35.2 Å². The number of benzene rings is 2. The number of aryl methyl sites for hydroxylation is 1. The number of morpholine rings is 1. The molecular formula is C28H28N2O6S2. The molecule has 5 rings (SSSR count). The summed E-state index contributed by atoms with van der Waals surface area (Å²) in [7, 11) is -4.09. The summed E-state index contributed by atoms with van der Waals surface area (Å²) in [6.07, 6.45) is 0.102. The van der Waals surface area contributed by atoms with Gasteiger partial charge in [-0.2, -0.15) is 4.72 Å². The van der Waals surface area contributed by atoms with Gasteiger partial charge in [-0.1, -0.05) is 60.7 Å². The second-order valence-corrected chi connectivity index (χ2v) is 12.6. The molecule has 2 fully saturated rings. The fourth-order valence-electron chi connectivity index (χ4n) is 4.71. The molecule has 0 spiro atoms. The lowest BCUT2D eigenvalue weighted by Crippen LogP contribution is -2.44. The van der Waals surface area contributed by atoms with Crippen LogP contribution < -0.4 is 4.72 Å². The van der Waals surface area contributed by atoms with Crippen LogP contribution in [0, 0.1) is 6.92 Å². The quantitative estimate of drug-likeness (QED) is 0.410. The number of hydrogen-bond donors (Lipinski definition) is 2. The molecule has 1 aliphatic heterocycles. The van der Waals surface area contributed by atoms with Gasteiger partial charge < -0.3 is 14.7 Å². The first kappa shape index (κ1) is 26.3. The first-order valence-electron chi connectivity index (χ1n) is 12.2. The molecule has 2 aromatic carbocycles. The van der Waals surface area contributed by atoms with E-state index < -0.39 is 27.4 Å². The average Bonchev–Trinajstić information content (AvgIpc) is 3.41. The van der Waals surface area contributed by atoms with Crippen molar-refractivity contribution in [1.29, 1.82) is 0 Å². The van der Waals surface area contributed by atoms with Crippen LogP contribution in [0.25, 0.3) is 16.0 Å². The number of sulfonamides is 1. The summed E-state index contributed by atoms with van der Waals surface area (Å²) in [6.45, 7) is 7.85. The molecule has 2 aliphatic rings. The van der Waals surface area contributed by atoms with Crippen molar-refractivity contribution in [2.45, 2.75) is 29.0 Å². The van der Waals surface area contributed by atoms with E-state index in [0.29, 0.717) is 43.0 Å². The van der Waals surface area contributed by atoms with Crippen LogP contribution in [0.5, 0.6) is 0 Å². The number of rotatable bonds is 8. The Morgan fingerprint density at radius 3 is 2.50 bits per heavy atom. The third-order valence-corrected chi connectivity index (χ3v) is 10.2. The Bertz CT molecular complexity index is 1510. The fourth-order valence-corrected chi connectivity index (χ4v) is 7.43. The Hall–Kier alpha value is -3.31. The van der Waals surface area contributed by atoms with Crippen LogP contribution in [0.2, 0.25) is 0 Å². The predicted molar refractivity (Wildman–Crippen MR) is 145 cm³/mol. The molecule has 0 radical (unpaired) electrons. The Kier molecular flexibility index (Phi) is 6.99. The van der Waals surface area contributed by atoms with Crippen LogP contribution in [-0.2, 0) is 24.3 Å². The van der Waals surface area contributed by atoms with Crippen molar-refractivity contribution >= 4 is 38.8 Å². The zero-order chi connectivity index (χ0) is 27.1. The van der Waals surface area contributed by atoms with Gasteiger partial charge in [0.15, 0.2) is 0 Å². The second-order valence-electron chi connectivity index (χ2n) is 9.63. The van der Waals surface area contributed by atoms with Crippen LogP contribution >= 0.6 is 11.3 Å². The maximum atomic E-state index is 13.3. The predicted octanol–water partition coefficient (Wildman–Crippen LogP) is 3.88. The normalized spacial score (nSPS) is 21.2. The molecule has 2 atom stereocenters. The number of aliphatic carboxylic acids is 1. The van der Waals surface area contributed by atoms with Gasteiger partial charge in [0.2, 0.25) is 0 Å². The molecule has 0 bridgehead atoms. The number of nitrogens with zero attached hydrogens (tertiary/aromatic N) is 1. The van der Waals surface area contributed by atoms with Crippen molar-refractivity contribution in [3.63, 3.8) is 0 Å². The molecule has 3 aromatic rings. The molecular weight excluding hydrogens is 524 g/mol. The van der Waals surface area contributed by atoms with Crippen molar-refractivity contribution in [2.75, 3.05) is 26.3 Å². The van der Waals surface area contributed by atoms with E-state index in [2.05, 4.69) is 11.3 Å². The van der Waals surface area contributed by atoms with Gasteiger partial charge in [-0.15, -0.1) is 11.3 Å². The molecule has 8 nitrogen and oxygen atoms in total. The first-order chi connectivity index (χ1) is 18.1. The zero-order valence-corrected chi connectivity index (χ0v) is 22.5. The lowest BCUT2D eigenvalue weighted by molar-refractivity contribution is -0.140. The number of carboxylic acids is 1. The minimum atomic E-state index is -4.09. The molecule has 1 aliphatic carbocycles. The third-order valence-electron chi connectivity index (χ3n) is 7.04. The van der Waals surface area contributed by atoms with Crippen LogP contribution in [0.3, 0.4) is 0 Å². The number of hydrogen-bond acceptors (Lipinski definition) is 6. The van der Waals surface area contributed by atoms with E-state index >= 15 is 0 Å². The van der Waals surface area contributed by atoms with Crippen molar-refractivity contribution in [1.82, 2.24) is 9.62 Å². The van der Waals surface area contributed by atoms with Crippen LogP contribution in [0.4, 0.5) is 0 Å². The lowest BCUT2D eigenvalue weighted by atomic mass is 9.99. The van der Waals surface area contributed by atoms with Gasteiger partial charge in [-0.3, -0.25) is 9.59 Å². The molecule has 2 heterocycles. The Labute approximate surface area is 225 Å². The molecule has 38 heavy (non-hydrogen) atoms. The van der Waals surface area contributed by atoms with E-state index in [0.717, 1.165) is 27.3 Å². The van der Waals surface area contributed by atoms with Crippen molar-refractivity contribution in [3.8, 4) is 10.4 Å². The molecule has 2 N–H and O–H groups in total. The van der Waals surface area contributed by atoms with E-state index in [4.69, 9.17) is 4.74 Å². The summed E-state index contributed by atoms with van der Waals surface area (Å²) in [5.41, 5.74) is 1.84. The number of carbonyl (C=O) groups is 2. The maximum absolute atomic E-state index is 13.3. The number of ether oxygens (including phenoxy) is 1. The SMILES string of the molecule is C=C(C(=O)N1CCOCC1)c1cccc(C2CC2(NS(=O)(=O)c2ccc(-c3ccc(C)cc3)s2)C(=O)O)c1. The number of amides is 1. The van der Waals surface area contributed by atoms with Gasteiger partial charge in [0.1, 0.15) is 9.75 Å². The molecule has 1 saturated heterocycles. The van der Waals surface area contributed by atoms with Crippen molar-refractivity contribution < 1.29 is 27.9 Å². The highest BCUT2D eigenvalue weighted by molar-refractivity contribution is 7.91. The van der Waals surface area contributed by atoms with E-state index in [1.807, 2.05) is 31.2 Å².